The molecule has 0 amide bonds. The molecule has 0 fully saturated rings. The van der Waals surface area contributed by atoms with Crippen molar-refractivity contribution < 1.29 is 99.5 Å². The van der Waals surface area contributed by atoms with E-state index in [9.17, 15) is 94.8 Å². The number of hydrazone groups is 2. The first kappa shape index (κ1) is 50.0. The molecule has 0 unspecified atom stereocenters. The number of nitrogens with zero attached hydrogens (tertiary/aromatic N) is 2. The number of carbonyl (C=O) groups is 4. The Kier molecular flexibility index (Phi) is 13.0. The van der Waals surface area contributed by atoms with E-state index in [0.29, 0.717) is 48.6 Å². The monoisotopic (exact) mass is 1040 g/mol. The minimum Gasteiger partial charge on any atom is -0.507 e. The average Bonchev–Trinajstić information content (AvgIpc) is 3.21. The number of aromatic carboxylic acids is 1. The second-order valence-corrected chi connectivity index (χ2v) is 20.9. The number of Topliss-reactive ketones (excluding diaryl/α,β-unsaturated/α-hetero) is 2. The molecule has 358 valence electrons. The van der Waals surface area contributed by atoms with Gasteiger partial charge in [0.15, 0.2) is 5.71 Å². The maximum Gasteiger partial charge on any atom is 0.339 e. The summed E-state index contributed by atoms with van der Waals surface area (Å²) in [6.45, 7) is 1.23. The number of carboxylic acid groups (broad SMARTS) is 2. The first-order valence-corrected chi connectivity index (χ1v) is 25.1. The van der Waals surface area contributed by atoms with Crippen LogP contribution in [0.5, 0.6) is 11.5 Å². The number of ketones is 2. The number of hydrogen-bond donors (Lipinski definition) is 10. The molecule has 0 aliphatic heterocycles. The third-order valence-corrected chi connectivity index (χ3v) is 14.0. The van der Waals surface area contributed by atoms with Gasteiger partial charge in [-0.2, -0.15) is 43.9 Å². The van der Waals surface area contributed by atoms with E-state index in [4.69, 9.17) is 4.74 Å². The first-order chi connectivity index (χ1) is 31.3. The number of hydrogen-bond acceptors (Lipinski definition) is 20. The molecule has 2 aliphatic carbocycles. The molecule has 4 aromatic carbocycles. The predicted molar refractivity (Wildman–Crippen MR) is 233 cm³/mol. The number of aromatic hydroxyl groups is 1. The van der Waals surface area contributed by atoms with Crippen LogP contribution in [-0.2, 0) is 60.1 Å². The van der Waals surface area contributed by atoms with Gasteiger partial charge >= 0.3 is 11.9 Å². The van der Waals surface area contributed by atoms with Crippen LogP contribution in [0.4, 0.5) is 17.1 Å². The van der Waals surface area contributed by atoms with E-state index < -0.39 is 144 Å². The molecule has 68 heavy (non-hydrogen) atoms. The van der Waals surface area contributed by atoms with E-state index >= 15 is 0 Å². The van der Waals surface area contributed by atoms with Crippen LogP contribution >= 0.6 is 0 Å². The smallest absolute Gasteiger partial charge is 0.339 e. The Labute approximate surface area is 381 Å². The standard InChI is InChI=1S/C36H27N5O22S5/c1-2-63-27-14-24(38-37-16-9-23(36(47)48)33(43)29(10-16)68(60,61)62)21-12-18(65(51,52)53)3-5-20(21)31(27)39-40-32-28(67(57,58)59)8-15-7-19(66(54,55)56)13-25(30(15)34(32)44)41-64(49,50)17-4-6-26(42)22(11-17)35(45)46/h3-14,38-39,41-42H,2H2,1H3,(H,45,46)(H,47,48)(H,51,52,53)(H,54,55,56)(H,57,58,59)(H,60,61,62)/b37-16+,40-32+. The van der Waals surface area contributed by atoms with Crippen molar-refractivity contribution in [2.75, 3.05) is 22.2 Å². The number of fused-ring (bicyclic) bond motifs is 2. The van der Waals surface area contributed by atoms with Crippen LogP contribution in [-0.4, -0.2) is 117 Å². The van der Waals surface area contributed by atoms with Crippen LogP contribution in [0.3, 0.4) is 0 Å². The Morgan fingerprint density at radius 2 is 1.26 bits per heavy atom. The van der Waals surface area contributed by atoms with Gasteiger partial charge in [-0.1, -0.05) is 6.07 Å². The van der Waals surface area contributed by atoms with Crippen LogP contribution in [0.1, 0.15) is 33.2 Å². The minimum absolute atomic E-state index is 0.202. The van der Waals surface area contributed by atoms with E-state index in [1.807, 2.05) is 4.72 Å². The van der Waals surface area contributed by atoms with Gasteiger partial charge in [-0.15, -0.1) is 0 Å². The number of benzene rings is 4. The number of anilines is 3. The van der Waals surface area contributed by atoms with Crippen molar-refractivity contribution in [1.82, 2.24) is 0 Å². The molecule has 0 spiro atoms. The van der Waals surface area contributed by atoms with Gasteiger partial charge in [0.2, 0.25) is 11.6 Å². The lowest BCUT2D eigenvalue weighted by Gasteiger charge is -2.21. The molecule has 0 aromatic heterocycles. The van der Waals surface area contributed by atoms with Gasteiger partial charge in [-0.3, -0.25) is 43.4 Å². The van der Waals surface area contributed by atoms with Gasteiger partial charge in [-0.25, -0.2) is 18.0 Å². The van der Waals surface area contributed by atoms with Gasteiger partial charge in [0.25, 0.3) is 50.5 Å². The zero-order chi connectivity index (χ0) is 50.6. The van der Waals surface area contributed by atoms with Crippen molar-refractivity contribution >= 4 is 119 Å². The lowest BCUT2D eigenvalue weighted by atomic mass is 9.93. The summed E-state index contributed by atoms with van der Waals surface area (Å²) in [5, 5.41) is 36.0. The Morgan fingerprint density at radius 3 is 1.84 bits per heavy atom. The molecule has 4 aromatic rings. The van der Waals surface area contributed by atoms with E-state index in [2.05, 4.69) is 21.1 Å². The van der Waals surface area contributed by atoms with Crippen LogP contribution in [0.15, 0.2) is 107 Å². The number of rotatable bonds is 15. The Morgan fingerprint density at radius 1 is 0.632 bits per heavy atom. The highest BCUT2D eigenvalue weighted by Gasteiger charge is 2.37. The zero-order valence-electron chi connectivity index (χ0n) is 33.3. The zero-order valence-corrected chi connectivity index (χ0v) is 37.4. The quantitative estimate of drug-likeness (QED) is 0.0352. The van der Waals surface area contributed by atoms with Gasteiger partial charge in [-0.05, 0) is 73.2 Å². The minimum atomic E-state index is -5.58. The molecule has 0 bridgehead atoms. The van der Waals surface area contributed by atoms with Gasteiger partial charge in [0.05, 0.1) is 43.9 Å². The van der Waals surface area contributed by atoms with Crippen molar-refractivity contribution in [2.45, 2.75) is 21.6 Å². The Hall–Kier alpha value is -7.43. The number of aliphatic carboxylic acids is 1. The second-order valence-electron chi connectivity index (χ2n) is 13.6. The molecular weight excluding hydrogens is 1010 g/mol. The molecule has 32 heteroatoms. The number of ether oxygens (including phenoxy) is 1. The highest BCUT2D eigenvalue weighted by molar-refractivity contribution is 7.93. The molecule has 6 rings (SSSR count). The lowest BCUT2D eigenvalue weighted by molar-refractivity contribution is -0.134. The largest absolute Gasteiger partial charge is 0.507 e. The summed E-state index contributed by atoms with van der Waals surface area (Å²) in [4.78, 5) is 44.6. The van der Waals surface area contributed by atoms with E-state index in [0.717, 1.165) is 24.3 Å². The van der Waals surface area contributed by atoms with Crippen molar-refractivity contribution in [1.29, 1.82) is 0 Å². The Balaban J connectivity index is 1.55. The fourth-order valence-electron chi connectivity index (χ4n) is 6.29. The highest BCUT2D eigenvalue weighted by atomic mass is 32.2. The molecular formula is C36H27N5O22S5. The third-order valence-electron chi connectivity index (χ3n) is 9.24. The first-order valence-electron chi connectivity index (χ1n) is 17.9. The van der Waals surface area contributed by atoms with E-state index in [-0.39, 0.29) is 34.5 Å². The summed E-state index contributed by atoms with van der Waals surface area (Å²) in [7, 11) is -26.3. The third kappa shape index (κ3) is 10.1. The van der Waals surface area contributed by atoms with Crippen LogP contribution in [0, 0.1) is 0 Å². The van der Waals surface area contributed by atoms with Gasteiger partial charge in [0.1, 0.15) is 38.1 Å². The molecule has 10 N–H and O–H groups in total. The highest BCUT2D eigenvalue weighted by Crippen LogP contribution is 2.41. The maximum absolute atomic E-state index is 14.4. The second kappa shape index (κ2) is 17.7. The molecule has 0 saturated heterocycles. The van der Waals surface area contributed by atoms with Crippen molar-refractivity contribution in [3.8, 4) is 11.5 Å². The summed E-state index contributed by atoms with van der Waals surface area (Å²) in [5.74, 6) is -8.08. The van der Waals surface area contributed by atoms with Crippen LogP contribution in [0.25, 0.3) is 16.8 Å². The number of sulfonamides is 1. The normalized spacial score (nSPS) is 15.9. The number of allylic oxidation sites excluding steroid dienone is 4. The van der Waals surface area contributed by atoms with E-state index in [1.165, 1.54) is 6.92 Å². The summed E-state index contributed by atoms with van der Waals surface area (Å²) in [6.07, 6.45) is 1.55. The predicted octanol–water partition coefficient (Wildman–Crippen LogP) is 1.96. The van der Waals surface area contributed by atoms with Crippen LogP contribution in [0.2, 0.25) is 0 Å². The molecule has 0 saturated carbocycles. The Bertz CT molecular complexity index is 3730. The number of nitrogens with one attached hydrogen (secondary N) is 3. The fraction of sp³-hybridized carbons (Fsp3) is 0.0556. The summed E-state index contributed by atoms with van der Waals surface area (Å²) < 4.78 is 173. The number of carboxylic acids is 2. The van der Waals surface area contributed by atoms with Crippen molar-refractivity contribution in [3.05, 3.63) is 98.8 Å². The van der Waals surface area contributed by atoms with Gasteiger partial charge < -0.3 is 20.1 Å². The average molecular weight is 1040 g/mol. The molecule has 0 radical (unpaired) electrons. The lowest BCUT2D eigenvalue weighted by Crippen LogP contribution is -2.29. The topological polar surface area (TPSA) is 451 Å². The number of carbonyl (C=O) groups excluding carboxylic acids is 2. The van der Waals surface area contributed by atoms with Gasteiger partial charge in [0, 0.05) is 16.8 Å². The van der Waals surface area contributed by atoms with E-state index in [1.54, 1.807) is 0 Å². The van der Waals surface area contributed by atoms with Crippen molar-refractivity contribution in [3.63, 3.8) is 0 Å². The fourth-order valence-corrected chi connectivity index (χ4v) is 9.70. The number of phenols is 1. The summed E-state index contributed by atoms with van der Waals surface area (Å²) in [6, 6.07) is 6.49. The van der Waals surface area contributed by atoms with Crippen molar-refractivity contribution in [2.24, 2.45) is 10.2 Å². The molecule has 0 atom stereocenters. The summed E-state index contributed by atoms with van der Waals surface area (Å²) in [5.41, 5.74) is -2.52. The van der Waals surface area contributed by atoms with Crippen LogP contribution < -0.4 is 20.3 Å². The molecule has 0 heterocycles. The SMILES string of the molecule is CCOc1cc(N/N=C2\C=C(C(=O)O)C(=O)C(S(=O)(=O)O)=C2)c2cc(S(=O)(=O)O)ccc2c1N/N=C1/C(=O)c2c(cc(S(=O)(=O)O)cc2NS(=O)(=O)c2ccc(O)c(C(=O)O)c2)C=C1S(=O)(=O)O. The maximum atomic E-state index is 14.4. The molecule has 27 nitrogen and oxygen atoms in total. The summed E-state index contributed by atoms with van der Waals surface area (Å²) >= 11 is 0. The molecule has 2 aliphatic rings.